The van der Waals surface area contributed by atoms with E-state index in [1.165, 1.54) is 6.92 Å². The Morgan fingerprint density at radius 2 is 2.00 bits per heavy atom. The maximum Gasteiger partial charge on any atom is 0.220 e. The second-order valence-electron chi connectivity index (χ2n) is 4.04. The molecule has 4 nitrogen and oxygen atoms in total. The number of hydrogen-bond donors (Lipinski definition) is 2. The van der Waals surface area contributed by atoms with E-state index in [0.29, 0.717) is 13.0 Å². The highest BCUT2D eigenvalue weighted by Crippen LogP contribution is 2.40. The summed E-state index contributed by atoms with van der Waals surface area (Å²) in [6, 6.07) is 0. The van der Waals surface area contributed by atoms with Crippen LogP contribution in [-0.2, 0) is 4.79 Å². The number of carbonyl (C=O) groups is 1. The number of carbonyl (C=O) groups excluding carboxylic acids is 1. The molecule has 14 heavy (non-hydrogen) atoms. The van der Waals surface area contributed by atoms with Crippen LogP contribution in [0.25, 0.3) is 0 Å². The molecular formula is C10H15NO3. The molecule has 4 heteroatoms. The predicted octanol–water partition coefficient (Wildman–Crippen LogP) is -0.341. The van der Waals surface area contributed by atoms with Crippen LogP contribution in [0.4, 0.5) is 0 Å². The van der Waals surface area contributed by atoms with Gasteiger partial charge in [0.05, 0.1) is 12.2 Å². The third-order valence-electron chi connectivity index (χ3n) is 3.34. The number of hydrogen-bond acceptors (Lipinski definition) is 3. The number of likely N-dealkylation sites (tertiary alicyclic amines) is 1. The first kappa shape index (κ1) is 9.68. The Kier molecular flexibility index (Phi) is 2.12. The van der Waals surface area contributed by atoms with Crippen molar-refractivity contribution in [3.63, 3.8) is 0 Å². The first-order chi connectivity index (χ1) is 6.59. The van der Waals surface area contributed by atoms with Crippen molar-refractivity contribution in [3.8, 4) is 0 Å². The molecule has 0 aromatic carbocycles. The second kappa shape index (κ2) is 3.07. The molecule has 1 fully saturated rings. The van der Waals surface area contributed by atoms with Gasteiger partial charge in [0.15, 0.2) is 0 Å². The number of aliphatic hydroxyl groups is 2. The first-order valence-electron chi connectivity index (χ1n) is 4.91. The van der Waals surface area contributed by atoms with Gasteiger partial charge in [-0.3, -0.25) is 4.79 Å². The van der Waals surface area contributed by atoms with Crippen molar-refractivity contribution in [1.82, 2.24) is 4.90 Å². The minimum Gasteiger partial charge on any atom is -0.386 e. The molecule has 0 saturated carbocycles. The van der Waals surface area contributed by atoms with E-state index in [1.807, 2.05) is 0 Å². The fourth-order valence-electron chi connectivity index (χ4n) is 2.65. The van der Waals surface area contributed by atoms with Crippen LogP contribution in [0.15, 0.2) is 12.2 Å². The van der Waals surface area contributed by atoms with E-state index < -0.39 is 17.7 Å². The topological polar surface area (TPSA) is 60.8 Å². The predicted molar refractivity (Wildman–Crippen MR) is 50.5 cm³/mol. The summed E-state index contributed by atoms with van der Waals surface area (Å²) < 4.78 is 0. The summed E-state index contributed by atoms with van der Waals surface area (Å²) in [6.07, 6.45) is 3.20. The highest BCUT2D eigenvalue weighted by molar-refractivity contribution is 5.75. The lowest BCUT2D eigenvalue weighted by Crippen LogP contribution is -2.58. The van der Waals surface area contributed by atoms with Crippen LogP contribution >= 0.6 is 0 Å². The summed E-state index contributed by atoms with van der Waals surface area (Å²) in [5.74, 6) is -0.0794. The Balaban J connectivity index is 2.34. The average molecular weight is 197 g/mol. The van der Waals surface area contributed by atoms with Gasteiger partial charge >= 0.3 is 0 Å². The molecule has 0 aromatic heterocycles. The van der Waals surface area contributed by atoms with Gasteiger partial charge in [-0.25, -0.2) is 0 Å². The van der Waals surface area contributed by atoms with E-state index >= 15 is 0 Å². The zero-order valence-corrected chi connectivity index (χ0v) is 8.18. The van der Waals surface area contributed by atoms with E-state index in [4.69, 9.17) is 0 Å². The van der Waals surface area contributed by atoms with Gasteiger partial charge in [0.2, 0.25) is 5.91 Å². The van der Waals surface area contributed by atoms with Crippen LogP contribution in [0.1, 0.15) is 19.8 Å². The normalized spacial score (nSPS) is 41.2. The molecule has 0 aromatic rings. The SMILES string of the molecule is CC(=O)N1CCCC12[C@H](O)C=C[C@@H]2O. The molecule has 1 amide bonds. The highest BCUT2D eigenvalue weighted by Gasteiger charge is 2.54. The van der Waals surface area contributed by atoms with Crippen LogP contribution in [0, 0.1) is 0 Å². The summed E-state index contributed by atoms with van der Waals surface area (Å²) in [7, 11) is 0. The summed E-state index contributed by atoms with van der Waals surface area (Å²) in [6.45, 7) is 2.11. The van der Waals surface area contributed by atoms with E-state index in [1.54, 1.807) is 17.1 Å². The Hall–Kier alpha value is -0.870. The van der Waals surface area contributed by atoms with Gasteiger partial charge in [-0.1, -0.05) is 12.2 Å². The Labute approximate surface area is 82.8 Å². The van der Waals surface area contributed by atoms with Gasteiger partial charge in [-0.05, 0) is 12.8 Å². The molecular weight excluding hydrogens is 182 g/mol. The summed E-state index contributed by atoms with van der Waals surface area (Å²) >= 11 is 0. The van der Waals surface area contributed by atoms with E-state index in [0.717, 1.165) is 6.42 Å². The largest absolute Gasteiger partial charge is 0.386 e. The van der Waals surface area contributed by atoms with Crippen molar-refractivity contribution in [2.75, 3.05) is 6.54 Å². The molecule has 0 radical (unpaired) electrons. The first-order valence-corrected chi connectivity index (χ1v) is 4.91. The number of rotatable bonds is 0. The summed E-state index contributed by atoms with van der Waals surface area (Å²) in [5, 5.41) is 19.7. The molecule has 1 heterocycles. The molecule has 1 aliphatic carbocycles. The summed E-state index contributed by atoms with van der Waals surface area (Å²) in [5.41, 5.74) is -0.772. The smallest absolute Gasteiger partial charge is 0.220 e. The van der Waals surface area contributed by atoms with Crippen LogP contribution in [-0.4, -0.2) is 45.3 Å². The number of aliphatic hydroxyl groups excluding tert-OH is 2. The van der Waals surface area contributed by atoms with Gasteiger partial charge in [0.1, 0.15) is 5.54 Å². The fourth-order valence-corrected chi connectivity index (χ4v) is 2.65. The Morgan fingerprint density at radius 1 is 1.43 bits per heavy atom. The van der Waals surface area contributed by atoms with Gasteiger partial charge in [-0.2, -0.15) is 0 Å². The van der Waals surface area contributed by atoms with E-state index in [-0.39, 0.29) is 5.91 Å². The molecule has 1 spiro atoms. The lowest BCUT2D eigenvalue weighted by molar-refractivity contribution is -0.140. The molecule has 1 unspecified atom stereocenters. The maximum atomic E-state index is 11.4. The third-order valence-corrected chi connectivity index (χ3v) is 3.34. The average Bonchev–Trinajstić information content (AvgIpc) is 2.67. The van der Waals surface area contributed by atoms with Crippen molar-refractivity contribution >= 4 is 5.91 Å². The van der Waals surface area contributed by atoms with Crippen molar-refractivity contribution in [2.45, 2.75) is 37.5 Å². The molecule has 78 valence electrons. The maximum absolute atomic E-state index is 11.4. The zero-order valence-electron chi connectivity index (χ0n) is 8.18. The van der Waals surface area contributed by atoms with Crippen molar-refractivity contribution in [1.29, 1.82) is 0 Å². The monoisotopic (exact) mass is 197 g/mol. The minimum atomic E-state index is -0.772. The molecule has 1 aliphatic heterocycles. The van der Waals surface area contributed by atoms with Crippen LogP contribution in [0.3, 0.4) is 0 Å². The molecule has 0 bridgehead atoms. The number of nitrogens with zero attached hydrogens (tertiary/aromatic N) is 1. The third kappa shape index (κ3) is 1.04. The summed E-state index contributed by atoms with van der Waals surface area (Å²) in [4.78, 5) is 13.0. The zero-order chi connectivity index (χ0) is 10.3. The quantitative estimate of drug-likeness (QED) is 0.522. The Bertz CT molecular complexity index is 275. The lowest BCUT2D eigenvalue weighted by atomic mass is 9.88. The van der Waals surface area contributed by atoms with E-state index in [2.05, 4.69) is 0 Å². The van der Waals surface area contributed by atoms with Crippen LogP contribution in [0.2, 0.25) is 0 Å². The van der Waals surface area contributed by atoms with Gasteiger partial charge in [-0.15, -0.1) is 0 Å². The highest BCUT2D eigenvalue weighted by atomic mass is 16.3. The molecule has 1 saturated heterocycles. The molecule has 2 rings (SSSR count). The van der Waals surface area contributed by atoms with Crippen molar-refractivity contribution < 1.29 is 15.0 Å². The van der Waals surface area contributed by atoms with Gasteiger partial charge < -0.3 is 15.1 Å². The fraction of sp³-hybridized carbons (Fsp3) is 0.700. The van der Waals surface area contributed by atoms with Crippen molar-refractivity contribution in [3.05, 3.63) is 12.2 Å². The van der Waals surface area contributed by atoms with E-state index in [9.17, 15) is 15.0 Å². The van der Waals surface area contributed by atoms with Gasteiger partial charge in [0.25, 0.3) is 0 Å². The molecule has 2 aliphatic rings. The molecule has 3 atom stereocenters. The second-order valence-corrected chi connectivity index (χ2v) is 4.04. The minimum absolute atomic E-state index is 0.0794. The van der Waals surface area contributed by atoms with Gasteiger partial charge in [0, 0.05) is 13.5 Å². The number of amides is 1. The lowest BCUT2D eigenvalue weighted by Gasteiger charge is -2.39. The van der Waals surface area contributed by atoms with Crippen molar-refractivity contribution in [2.24, 2.45) is 0 Å². The molecule has 2 N–H and O–H groups in total. The van der Waals surface area contributed by atoms with Crippen LogP contribution in [0.5, 0.6) is 0 Å². The Morgan fingerprint density at radius 3 is 2.50 bits per heavy atom. The van der Waals surface area contributed by atoms with Crippen LogP contribution < -0.4 is 0 Å². The standard InChI is InChI=1S/C10H15NO3/c1-7(12)11-6-2-5-10(11)8(13)3-4-9(10)14/h3-4,8-9,13-14H,2,5-6H2,1H3/t8-,9+,10?.